The average Bonchev–Trinajstić information content (AvgIpc) is 3.35. The highest BCUT2D eigenvalue weighted by Gasteiger charge is 2.23. The highest BCUT2D eigenvalue weighted by molar-refractivity contribution is 8.02. The van der Waals surface area contributed by atoms with E-state index >= 15 is 0 Å². The second-order valence-corrected chi connectivity index (χ2v) is 10.5. The van der Waals surface area contributed by atoms with Gasteiger partial charge in [0.2, 0.25) is 0 Å². The van der Waals surface area contributed by atoms with Crippen molar-refractivity contribution in [3.05, 3.63) is 53.6 Å². The van der Waals surface area contributed by atoms with Gasteiger partial charge in [0.15, 0.2) is 0 Å². The molecule has 0 aliphatic carbocycles. The van der Waals surface area contributed by atoms with Crippen LogP contribution in [0.3, 0.4) is 0 Å². The molecule has 0 spiro atoms. The smallest absolute Gasteiger partial charge is 0.127 e. The van der Waals surface area contributed by atoms with Crippen LogP contribution in [0.5, 0.6) is 0 Å². The molecule has 1 aliphatic rings. The standard InChI is InChI=1S/C21H22N2OS3/c1-2-3-12-27(24)21-19(22)18-15(14-8-5-4-6-9-14)13-16(23-20(18)26-21)17-10-7-11-25-17/h4-9,11,13,17H,2-3,10,12,22H2,1H3. The summed E-state index contributed by atoms with van der Waals surface area (Å²) in [5.41, 5.74) is 10.4. The van der Waals surface area contributed by atoms with E-state index in [0.29, 0.717) is 16.7 Å². The fourth-order valence-corrected chi connectivity index (χ4v) is 6.94. The predicted octanol–water partition coefficient (Wildman–Crippen LogP) is 6.14. The number of thiophene rings is 1. The van der Waals surface area contributed by atoms with Gasteiger partial charge in [-0.2, -0.15) is 0 Å². The molecule has 6 heteroatoms. The molecule has 0 amide bonds. The third-order valence-corrected chi connectivity index (χ3v) is 8.79. The summed E-state index contributed by atoms with van der Waals surface area (Å²) in [7, 11) is -1.06. The van der Waals surface area contributed by atoms with Gasteiger partial charge in [0.25, 0.3) is 0 Å². The van der Waals surface area contributed by atoms with Crippen molar-refractivity contribution in [1.82, 2.24) is 4.98 Å². The van der Waals surface area contributed by atoms with Crippen LogP contribution >= 0.6 is 23.1 Å². The number of rotatable bonds is 6. The monoisotopic (exact) mass is 414 g/mol. The molecular weight excluding hydrogens is 392 g/mol. The Morgan fingerprint density at radius 3 is 2.81 bits per heavy atom. The highest BCUT2D eigenvalue weighted by atomic mass is 32.2. The minimum atomic E-state index is -1.06. The molecule has 1 aromatic carbocycles. The molecule has 3 aromatic rings. The molecule has 2 unspecified atom stereocenters. The summed E-state index contributed by atoms with van der Waals surface area (Å²) in [5, 5.41) is 3.44. The number of aromatic nitrogens is 1. The Labute approximate surface area is 170 Å². The number of hydrogen-bond donors (Lipinski definition) is 1. The van der Waals surface area contributed by atoms with E-state index in [1.54, 1.807) is 11.8 Å². The van der Waals surface area contributed by atoms with Gasteiger partial charge in [-0.1, -0.05) is 49.8 Å². The van der Waals surface area contributed by atoms with E-state index in [4.69, 9.17) is 10.7 Å². The molecule has 3 heterocycles. The first-order valence-electron chi connectivity index (χ1n) is 9.16. The van der Waals surface area contributed by atoms with E-state index in [-0.39, 0.29) is 0 Å². The van der Waals surface area contributed by atoms with Crippen LogP contribution in [0, 0.1) is 0 Å². The maximum Gasteiger partial charge on any atom is 0.127 e. The van der Waals surface area contributed by atoms with E-state index in [1.807, 2.05) is 18.2 Å². The van der Waals surface area contributed by atoms with Crippen molar-refractivity contribution < 1.29 is 4.21 Å². The maximum absolute atomic E-state index is 12.8. The topological polar surface area (TPSA) is 56.0 Å². The number of anilines is 1. The SMILES string of the molecule is CCCCS(=O)c1sc2nc(C3CC=CS3)cc(-c3ccccc3)c2c1N. The Kier molecular flexibility index (Phi) is 5.66. The van der Waals surface area contributed by atoms with Crippen LogP contribution in [0.15, 0.2) is 52.1 Å². The Morgan fingerprint density at radius 1 is 1.30 bits per heavy atom. The minimum absolute atomic E-state index is 0.342. The van der Waals surface area contributed by atoms with Gasteiger partial charge in [-0.25, -0.2) is 4.98 Å². The number of nitrogens with two attached hydrogens (primary N) is 1. The number of thioether (sulfide) groups is 1. The van der Waals surface area contributed by atoms with E-state index in [2.05, 4.69) is 36.6 Å². The summed E-state index contributed by atoms with van der Waals surface area (Å²) in [6.45, 7) is 2.11. The van der Waals surface area contributed by atoms with E-state index < -0.39 is 10.8 Å². The van der Waals surface area contributed by atoms with E-state index in [1.165, 1.54) is 11.3 Å². The molecule has 1 aliphatic heterocycles. The lowest BCUT2D eigenvalue weighted by atomic mass is 10.0. The molecule has 2 aromatic heterocycles. The number of pyridine rings is 1. The van der Waals surface area contributed by atoms with E-state index in [9.17, 15) is 4.21 Å². The number of nitrogens with zero attached hydrogens (tertiary/aromatic N) is 1. The largest absolute Gasteiger partial charge is 0.396 e. The molecule has 4 rings (SSSR count). The third kappa shape index (κ3) is 3.71. The lowest BCUT2D eigenvalue weighted by Gasteiger charge is -2.12. The molecule has 0 radical (unpaired) electrons. The number of allylic oxidation sites excluding steroid dienone is 1. The van der Waals surface area contributed by atoms with Crippen molar-refractivity contribution in [3.63, 3.8) is 0 Å². The van der Waals surface area contributed by atoms with Crippen LogP contribution < -0.4 is 5.73 Å². The zero-order valence-electron chi connectivity index (χ0n) is 15.2. The van der Waals surface area contributed by atoms with Crippen molar-refractivity contribution in [2.45, 2.75) is 35.6 Å². The molecule has 0 saturated heterocycles. The molecule has 2 atom stereocenters. The first kappa shape index (κ1) is 18.7. The number of nitrogen functional groups attached to an aromatic ring is 1. The van der Waals surface area contributed by atoms with Gasteiger partial charge in [0.05, 0.1) is 27.4 Å². The fraction of sp³-hybridized carbons (Fsp3) is 0.286. The number of unbranched alkanes of at least 4 members (excludes halogenated alkanes) is 1. The van der Waals surface area contributed by atoms with Crippen LogP contribution in [0.4, 0.5) is 5.69 Å². The highest BCUT2D eigenvalue weighted by Crippen LogP contribution is 2.45. The number of fused-ring (bicyclic) bond motifs is 1. The van der Waals surface area contributed by atoms with Crippen molar-refractivity contribution in [1.29, 1.82) is 0 Å². The van der Waals surface area contributed by atoms with Crippen LogP contribution in [0.1, 0.15) is 37.1 Å². The molecule has 3 nitrogen and oxygen atoms in total. The van der Waals surface area contributed by atoms with Crippen LogP contribution in [-0.4, -0.2) is 14.9 Å². The predicted molar refractivity (Wildman–Crippen MR) is 120 cm³/mol. The lowest BCUT2D eigenvalue weighted by molar-refractivity contribution is 0.681. The summed E-state index contributed by atoms with van der Waals surface area (Å²) < 4.78 is 13.6. The Hall–Kier alpha value is -1.63. The second-order valence-electron chi connectivity index (χ2n) is 6.58. The molecular formula is C21H22N2OS3. The van der Waals surface area contributed by atoms with Gasteiger partial charge in [0, 0.05) is 11.1 Å². The first-order valence-corrected chi connectivity index (χ1v) is 12.2. The van der Waals surface area contributed by atoms with Gasteiger partial charge < -0.3 is 5.73 Å². The van der Waals surface area contributed by atoms with Crippen molar-refractivity contribution >= 4 is 49.8 Å². The first-order chi connectivity index (χ1) is 13.2. The quantitative estimate of drug-likeness (QED) is 0.526. The third-order valence-electron chi connectivity index (χ3n) is 4.68. The van der Waals surface area contributed by atoms with Gasteiger partial charge in [-0.3, -0.25) is 4.21 Å². The van der Waals surface area contributed by atoms with Gasteiger partial charge >= 0.3 is 0 Å². The van der Waals surface area contributed by atoms with Crippen molar-refractivity contribution in [3.8, 4) is 11.1 Å². The average molecular weight is 415 g/mol. The van der Waals surface area contributed by atoms with Crippen LogP contribution in [0.25, 0.3) is 21.3 Å². The second kappa shape index (κ2) is 8.17. The normalized spacial score (nSPS) is 17.6. The Morgan fingerprint density at radius 2 is 2.11 bits per heavy atom. The van der Waals surface area contributed by atoms with E-state index in [0.717, 1.165) is 50.5 Å². The van der Waals surface area contributed by atoms with Crippen molar-refractivity contribution in [2.24, 2.45) is 0 Å². The van der Waals surface area contributed by atoms with Gasteiger partial charge in [-0.15, -0.1) is 23.1 Å². The van der Waals surface area contributed by atoms with Crippen LogP contribution in [0.2, 0.25) is 0 Å². The zero-order chi connectivity index (χ0) is 18.8. The van der Waals surface area contributed by atoms with Crippen molar-refractivity contribution in [2.75, 3.05) is 11.5 Å². The molecule has 0 saturated carbocycles. The summed E-state index contributed by atoms with van der Waals surface area (Å²) in [4.78, 5) is 5.83. The molecule has 27 heavy (non-hydrogen) atoms. The Bertz CT molecular complexity index is 1000. The molecule has 0 bridgehead atoms. The lowest BCUT2D eigenvalue weighted by Crippen LogP contribution is -1.99. The summed E-state index contributed by atoms with van der Waals surface area (Å²) in [6, 6.07) is 12.5. The van der Waals surface area contributed by atoms with Crippen LogP contribution in [-0.2, 0) is 10.8 Å². The zero-order valence-corrected chi connectivity index (χ0v) is 17.6. The fourth-order valence-electron chi connectivity index (χ4n) is 3.24. The summed E-state index contributed by atoms with van der Waals surface area (Å²) in [5.74, 6) is 0.656. The number of hydrogen-bond acceptors (Lipinski definition) is 5. The Balaban J connectivity index is 1.89. The summed E-state index contributed by atoms with van der Waals surface area (Å²) >= 11 is 3.30. The molecule has 2 N–H and O–H groups in total. The van der Waals surface area contributed by atoms with Gasteiger partial charge in [0.1, 0.15) is 9.04 Å². The van der Waals surface area contributed by atoms with Gasteiger partial charge in [-0.05, 0) is 35.4 Å². The molecule has 140 valence electrons. The number of benzene rings is 1. The molecule has 0 fully saturated rings. The maximum atomic E-state index is 12.8. The minimum Gasteiger partial charge on any atom is -0.396 e. The summed E-state index contributed by atoms with van der Waals surface area (Å²) in [6.07, 6.45) is 5.15.